The molecule has 2 aliphatic carbocycles. The normalized spacial score (nSPS) is 26.2. The predicted octanol–water partition coefficient (Wildman–Crippen LogP) is 7.25. The van der Waals surface area contributed by atoms with E-state index in [0.717, 1.165) is 23.1 Å². The number of aliphatic hydroxyl groups excluding tert-OH is 2. The first-order valence-electron chi connectivity index (χ1n) is 13.1. The highest BCUT2D eigenvalue weighted by atomic mass is 16.3. The molecule has 1 saturated carbocycles. The van der Waals surface area contributed by atoms with Crippen LogP contribution < -0.4 is 0 Å². The van der Waals surface area contributed by atoms with Crippen molar-refractivity contribution in [2.75, 3.05) is 0 Å². The average Bonchev–Trinajstić information content (AvgIpc) is 2.73. The molecule has 200 valence electrons. The summed E-state index contributed by atoms with van der Waals surface area (Å²) >= 11 is 0. The molecule has 0 unspecified atom stereocenters. The van der Waals surface area contributed by atoms with Gasteiger partial charge in [0.2, 0.25) is 0 Å². The summed E-state index contributed by atoms with van der Waals surface area (Å²) in [4.78, 5) is 27.5. The Balaban J connectivity index is 2.91. The highest BCUT2D eigenvalue weighted by Gasteiger charge is 2.54. The third-order valence-electron chi connectivity index (χ3n) is 7.77. The van der Waals surface area contributed by atoms with Crippen molar-refractivity contribution in [1.82, 2.24) is 0 Å². The Hall–Kier alpha value is -2.40. The third kappa shape index (κ3) is 6.11. The fraction of sp³-hybridized carbons (Fsp3) is 0.613. The molecule has 0 heterocycles. The van der Waals surface area contributed by atoms with Crippen LogP contribution in [0.1, 0.15) is 93.9 Å². The highest BCUT2D eigenvalue weighted by molar-refractivity contribution is 6.24. The summed E-state index contributed by atoms with van der Waals surface area (Å²) in [7, 11) is 0. The van der Waals surface area contributed by atoms with Crippen molar-refractivity contribution in [2.24, 2.45) is 23.2 Å². The third-order valence-corrected chi connectivity index (χ3v) is 7.77. The van der Waals surface area contributed by atoms with Crippen molar-refractivity contribution in [3.63, 3.8) is 0 Å². The van der Waals surface area contributed by atoms with Crippen molar-refractivity contribution in [3.05, 3.63) is 58.1 Å². The summed E-state index contributed by atoms with van der Waals surface area (Å²) in [6.45, 7) is 19.2. The van der Waals surface area contributed by atoms with Crippen LogP contribution in [0.2, 0.25) is 0 Å². The molecular formula is C31H46O5. The lowest BCUT2D eigenvalue weighted by Crippen LogP contribution is -2.47. The molecule has 5 nitrogen and oxygen atoms in total. The van der Waals surface area contributed by atoms with Gasteiger partial charge >= 0.3 is 0 Å². The van der Waals surface area contributed by atoms with E-state index in [-0.39, 0.29) is 48.0 Å². The molecule has 1 fully saturated rings. The molecule has 0 aliphatic heterocycles. The van der Waals surface area contributed by atoms with Crippen LogP contribution in [-0.4, -0.2) is 32.5 Å². The molecule has 0 radical (unpaired) electrons. The zero-order valence-electron chi connectivity index (χ0n) is 23.5. The lowest BCUT2D eigenvalue weighted by molar-refractivity contribution is -0.128. The maximum absolute atomic E-state index is 14.1. The Morgan fingerprint density at radius 2 is 1.61 bits per heavy atom. The predicted molar refractivity (Wildman–Crippen MR) is 146 cm³/mol. The van der Waals surface area contributed by atoms with E-state index in [1.807, 2.05) is 60.6 Å². The van der Waals surface area contributed by atoms with Crippen LogP contribution >= 0.6 is 0 Å². The van der Waals surface area contributed by atoms with E-state index in [1.165, 1.54) is 0 Å². The zero-order valence-corrected chi connectivity index (χ0v) is 23.5. The van der Waals surface area contributed by atoms with Crippen LogP contribution in [0.25, 0.3) is 0 Å². The van der Waals surface area contributed by atoms with E-state index in [1.54, 1.807) is 6.92 Å². The Bertz CT molecular complexity index is 1000. The Labute approximate surface area is 217 Å². The number of carbonyl (C=O) groups is 2. The Kier molecular flexibility index (Phi) is 9.39. The molecule has 2 rings (SSSR count). The summed E-state index contributed by atoms with van der Waals surface area (Å²) in [5, 5.41) is 34.9. The average molecular weight is 499 g/mol. The molecule has 2 aliphatic rings. The van der Waals surface area contributed by atoms with Gasteiger partial charge in [0.05, 0.1) is 11.0 Å². The monoisotopic (exact) mass is 498 g/mol. The first-order chi connectivity index (χ1) is 16.5. The molecule has 5 heteroatoms. The van der Waals surface area contributed by atoms with Gasteiger partial charge in [-0.3, -0.25) is 9.59 Å². The van der Waals surface area contributed by atoms with E-state index in [2.05, 4.69) is 6.58 Å². The van der Waals surface area contributed by atoms with Gasteiger partial charge < -0.3 is 15.3 Å². The number of hydrogen-bond donors (Lipinski definition) is 3. The minimum Gasteiger partial charge on any atom is -0.511 e. The van der Waals surface area contributed by atoms with Crippen molar-refractivity contribution in [3.8, 4) is 0 Å². The molecule has 3 atom stereocenters. The molecule has 0 amide bonds. The van der Waals surface area contributed by atoms with Gasteiger partial charge in [-0.1, -0.05) is 49.3 Å². The van der Waals surface area contributed by atoms with Crippen molar-refractivity contribution >= 4 is 11.6 Å². The van der Waals surface area contributed by atoms with Crippen molar-refractivity contribution in [2.45, 2.75) is 99.5 Å². The number of ketones is 2. The summed E-state index contributed by atoms with van der Waals surface area (Å²) in [6, 6.07) is 0. The zero-order chi connectivity index (χ0) is 27.6. The first-order valence-corrected chi connectivity index (χ1v) is 13.1. The fourth-order valence-electron chi connectivity index (χ4n) is 5.41. The molecule has 3 N–H and O–H groups in total. The van der Waals surface area contributed by atoms with Gasteiger partial charge in [-0.25, -0.2) is 0 Å². The molecule has 0 aromatic carbocycles. The largest absolute Gasteiger partial charge is 0.511 e. The molecule has 0 saturated heterocycles. The maximum atomic E-state index is 14.1. The van der Waals surface area contributed by atoms with Crippen molar-refractivity contribution < 1.29 is 24.9 Å². The van der Waals surface area contributed by atoms with Crippen LogP contribution in [0.5, 0.6) is 0 Å². The Morgan fingerprint density at radius 1 is 1.08 bits per heavy atom. The van der Waals surface area contributed by atoms with Crippen LogP contribution in [0.4, 0.5) is 0 Å². The summed E-state index contributed by atoms with van der Waals surface area (Å²) in [6.07, 6.45) is 5.95. The summed E-state index contributed by atoms with van der Waals surface area (Å²) < 4.78 is 0. The van der Waals surface area contributed by atoms with E-state index in [9.17, 15) is 24.9 Å². The van der Waals surface area contributed by atoms with Gasteiger partial charge in [-0.2, -0.15) is 0 Å². The molecule has 36 heavy (non-hydrogen) atoms. The second-order valence-corrected chi connectivity index (χ2v) is 12.1. The van der Waals surface area contributed by atoms with Crippen molar-refractivity contribution in [1.29, 1.82) is 0 Å². The lowest BCUT2D eigenvalue weighted by Gasteiger charge is -2.45. The van der Waals surface area contributed by atoms with Gasteiger partial charge in [0, 0.05) is 17.9 Å². The van der Waals surface area contributed by atoms with E-state index in [4.69, 9.17) is 0 Å². The van der Waals surface area contributed by atoms with Crippen LogP contribution in [0.3, 0.4) is 0 Å². The number of aliphatic hydroxyl groups is 3. The molecular weight excluding hydrogens is 452 g/mol. The number of hydrogen-bond acceptors (Lipinski definition) is 5. The number of allylic oxidation sites excluding steroid dienone is 8. The maximum Gasteiger partial charge on any atom is 0.184 e. The molecule has 0 spiro atoms. The Morgan fingerprint density at radius 3 is 2.06 bits per heavy atom. The van der Waals surface area contributed by atoms with E-state index < -0.39 is 34.3 Å². The van der Waals surface area contributed by atoms with Crippen LogP contribution in [0.15, 0.2) is 58.1 Å². The highest BCUT2D eigenvalue weighted by Crippen LogP contribution is 2.52. The molecule has 0 aromatic rings. The second kappa shape index (κ2) is 11.3. The quantitative estimate of drug-likeness (QED) is 0.230. The number of carbonyl (C=O) groups excluding carboxylic acids is 2. The second-order valence-electron chi connectivity index (χ2n) is 12.1. The summed E-state index contributed by atoms with van der Waals surface area (Å²) in [5.74, 6) is -2.24. The lowest BCUT2D eigenvalue weighted by atomic mass is 9.60. The summed E-state index contributed by atoms with van der Waals surface area (Å²) in [5.41, 5.74) is 0.182. The smallest absolute Gasteiger partial charge is 0.184 e. The van der Waals surface area contributed by atoms with Crippen LogP contribution in [-0.2, 0) is 9.59 Å². The standard InChI is InChI=1S/C31H46O5/c1-18(2)10-14-31(15-11-19(3)4)28(34)25(23-17-22(21(7)8)12-13-30(23,9)36)27(33)26(29(31)35)24(32)16-20(5)6/h10-11,20,22-23,33-34,36H,7,12-17H2,1-6,8-9H3/t22-,23+,30+/m0/s1. The van der Waals surface area contributed by atoms with E-state index in [0.29, 0.717) is 12.8 Å². The minimum absolute atomic E-state index is 0.0101. The van der Waals surface area contributed by atoms with Crippen LogP contribution in [0, 0.1) is 23.2 Å². The van der Waals surface area contributed by atoms with Gasteiger partial charge in [0.25, 0.3) is 0 Å². The molecule has 0 aromatic heterocycles. The SMILES string of the molecule is C=C(C)[C@H]1CC[C@@](C)(O)[C@@H](C2=C(O)C(CC=C(C)C)(CC=C(C)C)C(=O)C(C(=O)CC(C)C)=C2O)C1. The minimum atomic E-state index is -1.43. The number of Topliss-reactive ketones (excluding diaryl/α,β-unsaturated/α-hetero) is 2. The van der Waals surface area contributed by atoms with Gasteiger partial charge in [-0.05, 0) is 85.5 Å². The van der Waals surface area contributed by atoms with E-state index >= 15 is 0 Å². The fourth-order valence-corrected chi connectivity index (χ4v) is 5.41. The van der Waals surface area contributed by atoms with Gasteiger partial charge in [0.15, 0.2) is 11.6 Å². The topological polar surface area (TPSA) is 94.8 Å². The molecule has 0 bridgehead atoms. The van der Waals surface area contributed by atoms with Gasteiger partial charge in [0.1, 0.15) is 17.1 Å². The number of rotatable bonds is 9. The van der Waals surface area contributed by atoms with Gasteiger partial charge in [-0.15, -0.1) is 0 Å². The first kappa shape index (κ1) is 29.8.